The third-order valence-corrected chi connectivity index (χ3v) is 3.75. The highest BCUT2D eigenvalue weighted by atomic mass is 16.2. The van der Waals surface area contributed by atoms with Crippen LogP contribution in [0.4, 0.5) is 0 Å². The summed E-state index contributed by atoms with van der Waals surface area (Å²) in [6, 6.07) is 8.30. The Bertz CT molecular complexity index is 667. The van der Waals surface area contributed by atoms with Gasteiger partial charge >= 0.3 is 0 Å². The second-order valence-electron chi connectivity index (χ2n) is 5.16. The van der Waals surface area contributed by atoms with Crippen LogP contribution in [0.15, 0.2) is 30.5 Å². The summed E-state index contributed by atoms with van der Waals surface area (Å²) in [5, 5.41) is 0. The van der Waals surface area contributed by atoms with Crippen molar-refractivity contribution in [2.75, 3.05) is 6.54 Å². The predicted molar refractivity (Wildman–Crippen MR) is 76.4 cm³/mol. The Balaban J connectivity index is 1.86. The molecule has 0 radical (unpaired) electrons. The molecule has 0 fully saturated rings. The minimum Gasteiger partial charge on any atom is -0.334 e. The Morgan fingerprint density at radius 3 is 2.70 bits per heavy atom. The highest BCUT2D eigenvalue weighted by Gasteiger charge is 2.23. The molecule has 2 heterocycles. The molecule has 1 aromatic heterocycles. The maximum atomic E-state index is 12.6. The number of benzene rings is 1. The van der Waals surface area contributed by atoms with E-state index in [1.165, 1.54) is 11.1 Å². The van der Waals surface area contributed by atoms with E-state index in [0.717, 1.165) is 18.7 Å². The van der Waals surface area contributed by atoms with Crippen LogP contribution in [-0.2, 0) is 13.0 Å². The van der Waals surface area contributed by atoms with Gasteiger partial charge in [0.1, 0.15) is 5.82 Å². The Kier molecular flexibility index (Phi) is 3.22. The van der Waals surface area contributed by atoms with Crippen LogP contribution in [0.2, 0.25) is 0 Å². The molecule has 0 bridgehead atoms. The van der Waals surface area contributed by atoms with Gasteiger partial charge in [-0.25, -0.2) is 9.97 Å². The molecule has 102 valence electrons. The lowest BCUT2D eigenvalue weighted by atomic mass is 9.99. The SMILES string of the molecule is Cc1ncc(C(=O)N2CCc3ccccc3C2)c(C)n1. The lowest BCUT2D eigenvalue weighted by Gasteiger charge is -2.29. The molecule has 0 aliphatic carbocycles. The summed E-state index contributed by atoms with van der Waals surface area (Å²) in [4.78, 5) is 22.9. The number of rotatable bonds is 1. The smallest absolute Gasteiger partial charge is 0.257 e. The van der Waals surface area contributed by atoms with Crippen molar-refractivity contribution in [3.8, 4) is 0 Å². The van der Waals surface area contributed by atoms with E-state index in [4.69, 9.17) is 0 Å². The van der Waals surface area contributed by atoms with Crippen molar-refractivity contribution in [1.82, 2.24) is 14.9 Å². The minimum atomic E-state index is 0.0250. The average molecular weight is 267 g/mol. The number of fused-ring (bicyclic) bond motifs is 1. The first-order valence-corrected chi connectivity index (χ1v) is 6.81. The predicted octanol–water partition coefficient (Wildman–Crippen LogP) is 2.29. The van der Waals surface area contributed by atoms with Gasteiger partial charge in [-0.15, -0.1) is 0 Å². The molecule has 2 aromatic rings. The van der Waals surface area contributed by atoms with Gasteiger partial charge in [0.05, 0.1) is 11.3 Å². The first kappa shape index (κ1) is 12.8. The molecule has 0 saturated carbocycles. The summed E-state index contributed by atoms with van der Waals surface area (Å²) in [7, 11) is 0. The molecule has 0 saturated heterocycles. The van der Waals surface area contributed by atoms with Crippen molar-refractivity contribution in [1.29, 1.82) is 0 Å². The molecular weight excluding hydrogens is 250 g/mol. The number of carbonyl (C=O) groups is 1. The van der Waals surface area contributed by atoms with Crippen LogP contribution < -0.4 is 0 Å². The average Bonchev–Trinajstić information content (AvgIpc) is 2.46. The zero-order valence-electron chi connectivity index (χ0n) is 11.8. The van der Waals surface area contributed by atoms with Crippen molar-refractivity contribution in [2.45, 2.75) is 26.8 Å². The quantitative estimate of drug-likeness (QED) is 0.796. The van der Waals surface area contributed by atoms with Gasteiger partial charge in [0, 0.05) is 19.3 Å². The molecule has 0 N–H and O–H groups in total. The van der Waals surface area contributed by atoms with Gasteiger partial charge in [0.15, 0.2) is 0 Å². The van der Waals surface area contributed by atoms with Crippen molar-refractivity contribution in [3.05, 3.63) is 58.7 Å². The number of aromatic nitrogens is 2. The maximum Gasteiger partial charge on any atom is 0.257 e. The van der Waals surface area contributed by atoms with Gasteiger partial charge in [-0.3, -0.25) is 4.79 Å². The zero-order valence-corrected chi connectivity index (χ0v) is 11.8. The summed E-state index contributed by atoms with van der Waals surface area (Å²) in [6.07, 6.45) is 2.55. The molecule has 0 unspecified atom stereocenters. The normalized spacial score (nSPS) is 14.0. The van der Waals surface area contributed by atoms with Crippen LogP contribution in [0.1, 0.15) is 33.0 Å². The molecule has 1 aliphatic heterocycles. The van der Waals surface area contributed by atoms with E-state index in [-0.39, 0.29) is 5.91 Å². The summed E-state index contributed by atoms with van der Waals surface area (Å²) in [5.41, 5.74) is 3.93. The second-order valence-corrected chi connectivity index (χ2v) is 5.16. The molecule has 1 aromatic carbocycles. The van der Waals surface area contributed by atoms with Gasteiger partial charge < -0.3 is 4.90 Å². The van der Waals surface area contributed by atoms with Gasteiger partial charge in [-0.1, -0.05) is 24.3 Å². The summed E-state index contributed by atoms with van der Waals surface area (Å²) < 4.78 is 0. The van der Waals surface area contributed by atoms with Gasteiger partial charge in [-0.2, -0.15) is 0 Å². The number of hydrogen-bond acceptors (Lipinski definition) is 3. The summed E-state index contributed by atoms with van der Waals surface area (Å²) >= 11 is 0. The largest absolute Gasteiger partial charge is 0.334 e. The molecule has 0 spiro atoms. The molecule has 1 amide bonds. The van der Waals surface area contributed by atoms with E-state index in [9.17, 15) is 4.79 Å². The molecule has 0 atom stereocenters. The topological polar surface area (TPSA) is 46.1 Å². The van der Waals surface area contributed by atoms with Crippen LogP contribution in [-0.4, -0.2) is 27.3 Å². The summed E-state index contributed by atoms with van der Waals surface area (Å²) in [6.45, 7) is 5.11. The number of hydrogen-bond donors (Lipinski definition) is 0. The molecule has 1 aliphatic rings. The number of carbonyl (C=O) groups excluding carboxylic acids is 1. The van der Waals surface area contributed by atoms with Crippen molar-refractivity contribution in [3.63, 3.8) is 0 Å². The van der Waals surface area contributed by atoms with E-state index >= 15 is 0 Å². The fourth-order valence-electron chi connectivity index (χ4n) is 2.63. The van der Waals surface area contributed by atoms with Crippen LogP contribution in [0.3, 0.4) is 0 Å². The minimum absolute atomic E-state index is 0.0250. The van der Waals surface area contributed by atoms with Crippen LogP contribution in [0, 0.1) is 13.8 Å². The first-order valence-electron chi connectivity index (χ1n) is 6.81. The highest BCUT2D eigenvalue weighted by molar-refractivity contribution is 5.95. The third kappa shape index (κ3) is 2.29. The summed E-state index contributed by atoms with van der Waals surface area (Å²) in [5.74, 6) is 0.722. The molecular formula is C16H17N3O. The van der Waals surface area contributed by atoms with Crippen molar-refractivity contribution >= 4 is 5.91 Å². The van der Waals surface area contributed by atoms with Crippen molar-refractivity contribution in [2.24, 2.45) is 0 Å². The standard InChI is InChI=1S/C16H17N3O/c1-11-15(9-17-12(2)18-11)16(20)19-8-7-13-5-3-4-6-14(13)10-19/h3-6,9H,7-8,10H2,1-2H3. The van der Waals surface area contributed by atoms with E-state index < -0.39 is 0 Å². The van der Waals surface area contributed by atoms with E-state index in [0.29, 0.717) is 17.9 Å². The highest BCUT2D eigenvalue weighted by Crippen LogP contribution is 2.20. The molecule has 4 heteroatoms. The third-order valence-electron chi connectivity index (χ3n) is 3.75. The molecule has 3 rings (SSSR count). The Morgan fingerprint density at radius 1 is 1.20 bits per heavy atom. The lowest BCUT2D eigenvalue weighted by molar-refractivity contribution is 0.0733. The fourth-order valence-corrected chi connectivity index (χ4v) is 2.63. The number of nitrogens with zero attached hydrogens (tertiary/aromatic N) is 3. The van der Waals surface area contributed by atoms with Gasteiger partial charge in [0.2, 0.25) is 0 Å². The van der Waals surface area contributed by atoms with Crippen LogP contribution in [0.5, 0.6) is 0 Å². The number of aryl methyl sites for hydroxylation is 2. The Morgan fingerprint density at radius 2 is 1.95 bits per heavy atom. The van der Waals surface area contributed by atoms with Gasteiger partial charge in [0.25, 0.3) is 5.91 Å². The lowest BCUT2D eigenvalue weighted by Crippen LogP contribution is -2.36. The van der Waals surface area contributed by atoms with Gasteiger partial charge in [-0.05, 0) is 31.4 Å². The van der Waals surface area contributed by atoms with E-state index in [1.54, 1.807) is 6.20 Å². The van der Waals surface area contributed by atoms with Crippen LogP contribution in [0.25, 0.3) is 0 Å². The Hall–Kier alpha value is -2.23. The second kappa shape index (κ2) is 5.04. The number of amides is 1. The molecule has 4 nitrogen and oxygen atoms in total. The maximum absolute atomic E-state index is 12.6. The van der Waals surface area contributed by atoms with E-state index in [1.807, 2.05) is 30.9 Å². The fraction of sp³-hybridized carbons (Fsp3) is 0.312. The van der Waals surface area contributed by atoms with E-state index in [2.05, 4.69) is 22.1 Å². The van der Waals surface area contributed by atoms with Crippen LogP contribution >= 0.6 is 0 Å². The molecule has 20 heavy (non-hydrogen) atoms. The first-order chi connectivity index (χ1) is 9.65. The zero-order chi connectivity index (χ0) is 14.1. The monoisotopic (exact) mass is 267 g/mol. The Labute approximate surface area is 118 Å². The van der Waals surface area contributed by atoms with Crippen molar-refractivity contribution < 1.29 is 4.79 Å².